The number of aryl methyl sites for hydroxylation is 1. The maximum atomic E-state index is 13.5. The summed E-state index contributed by atoms with van der Waals surface area (Å²) in [5, 5.41) is 0. The van der Waals surface area contributed by atoms with Crippen molar-refractivity contribution in [2.45, 2.75) is 19.3 Å². The Hall–Kier alpha value is -2.16. The molecular weight excluding hydrogens is 255 g/mol. The van der Waals surface area contributed by atoms with Gasteiger partial charge in [0.15, 0.2) is 5.78 Å². The largest absolute Gasteiger partial charge is 0.496 e. The van der Waals surface area contributed by atoms with Crippen LogP contribution in [0.15, 0.2) is 36.4 Å². The number of hydrogen-bond acceptors (Lipinski definition) is 2. The van der Waals surface area contributed by atoms with Crippen LogP contribution < -0.4 is 4.74 Å². The predicted octanol–water partition coefficient (Wildman–Crippen LogP) is 4.02. The summed E-state index contributed by atoms with van der Waals surface area (Å²) >= 11 is 0. The summed E-state index contributed by atoms with van der Waals surface area (Å²) in [7, 11) is 1.56. The first kappa shape index (κ1) is 12.9. The molecule has 0 aliphatic heterocycles. The van der Waals surface area contributed by atoms with Crippen LogP contribution in [0.5, 0.6) is 5.75 Å². The number of rotatable bonds is 2. The number of carbonyl (C=O) groups is 1. The molecule has 0 heterocycles. The van der Waals surface area contributed by atoms with E-state index in [0.717, 1.165) is 29.5 Å². The quantitative estimate of drug-likeness (QED) is 0.823. The minimum atomic E-state index is -0.315. The van der Waals surface area contributed by atoms with Crippen LogP contribution in [0.1, 0.15) is 28.8 Å². The Bertz CT molecular complexity index is 677. The van der Waals surface area contributed by atoms with E-state index in [1.54, 1.807) is 13.2 Å². The zero-order valence-electron chi connectivity index (χ0n) is 11.3. The Kier molecular flexibility index (Phi) is 3.26. The van der Waals surface area contributed by atoms with Gasteiger partial charge in [0.1, 0.15) is 11.6 Å². The lowest BCUT2D eigenvalue weighted by atomic mass is 9.88. The highest BCUT2D eigenvalue weighted by molar-refractivity contribution is 5.99. The van der Waals surface area contributed by atoms with E-state index < -0.39 is 0 Å². The molecule has 0 atom stereocenters. The van der Waals surface area contributed by atoms with Gasteiger partial charge in [-0.15, -0.1) is 0 Å². The number of ether oxygens (including phenoxy) is 1. The molecule has 102 valence electrons. The molecule has 1 aliphatic carbocycles. The van der Waals surface area contributed by atoms with Gasteiger partial charge in [-0.2, -0.15) is 0 Å². The number of methoxy groups -OCH3 is 1. The van der Waals surface area contributed by atoms with E-state index in [9.17, 15) is 9.18 Å². The van der Waals surface area contributed by atoms with Crippen LogP contribution in [-0.4, -0.2) is 12.9 Å². The summed E-state index contributed by atoms with van der Waals surface area (Å²) in [6.45, 7) is 0. The summed E-state index contributed by atoms with van der Waals surface area (Å²) in [5.41, 5.74) is 3.34. The molecule has 20 heavy (non-hydrogen) atoms. The van der Waals surface area contributed by atoms with Crippen LogP contribution in [0.4, 0.5) is 4.39 Å². The van der Waals surface area contributed by atoms with Gasteiger partial charge >= 0.3 is 0 Å². The minimum Gasteiger partial charge on any atom is -0.496 e. The summed E-state index contributed by atoms with van der Waals surface area (Å²) in [5.74, 6) is 0.461. The molecule has 3 rings (SSSR count). The number of Topliss-reactive ketones (excluding diaryl/α,β-unsaturated/α-hetero) is 1. The van der Waals surface area contributed by atoms with Crippen molar-refractivity contribution >= 4 is 5.78 Å². The second-order valence-electron chi connectivity index (χ2n) is 4.99. The second-order valence-corrected chi connectivity index (χ2v) is 4.99. The first-order chi connectivity index (χ1) is 9.69. The van der Waals surface area contributed by atoms with Crippen molar-refractivity contribution in [2.24, 2.45) is 0 Å². The van der Waals surface area contributed by atoms with E-state index in [0.29, 0.717) is 17.7 Å². The Balaban J connectivity index is 2.13. The van der Waals surface area contributed by atoms with E-state index in [4.69, 9.17) is 4.74 Å². The van der Waals surface area contributed by atoms with Crippen LogP contribution in [0, 0.1) is 5.82 Å². The summed E-state index contributed by atoms with van der Waals surface area (Å²) < 4.78 is 18.7. The number of benzene rings is 2. The molecule has 0 aromatic heterocycles. The molecule has 0 radical (unpaired) electrons. The number of hydrogen-bond donors (Lipinski definition) is 0. The first-order valence-corrected chi connectivity index (χ1v) is 6.69. The third-order valence-corrected chi connectivity index (χ3v) is 3.73. The Morgan fingerprint density at radius 3 is 2.70 bits per heavy atom. The molecule has 2 aromatic rings. The topological polar surface area (TPSA) is 26.3 Å². The SMILES string of the molecule is COc1ccc(F)cc1-c1ccc2c(c1)C(=O)CCC2. The Morgan fingerprint density at radius 2 is 1.90 bits per heavy atom. The Labute approximate surface area is 117 Å². The normalized spacial score (nSPS) is 14.0. The number of fused-ring (bicyclic) bond motifs is 1. The molecule has 2 aromatic carbocycles. The van der Waals surface area contributed by atoms with Crippen LogP contribution >= 0.6 is 0 Å². The maximum absolute atomic E-state index is 13.5. The average Bonchev–Trinajstić information content (AvgIpc) is 2.47. The highest BCUT2D eigenvalue weighted by Crippen LogP contribution is 2.33. The molecule has 0 saturated heterocycles. The summed E-state index contributed by atoms with van der Waals surface area (Å²) in [6, 6.07) is 10.2. The molecule has 0 spiro atoms. The van der Waals surface area contributed by atoms with E-state index in [1.807, 2.05) is 18.2 Å². The van der Waals surface area contributed by atoms with Gasteiger partial charge in [-0.3, -0.25) is 4.79 Å². The third kappa shape index (κ3) is 2.20. The lowest BCUT2D eigenvalue weighted by molar-refractivity contribution is 0.0972. The van der Waals surface area contributed by atoms with Crippen LogP contribution in [-0.2, 0) is 6.42 Å². The van der Waals surface area contributed by atoms with Crippen molar-refractivity contribution in [1.29, 1.82) is 0 Å². The molecule has 1 aliphatic rings. The van der Waals surface area contributed by atoms with Crippen LogP contribution in [0.25, 0.3) is 11.1 Å². The molecule has 0 amide bonds. The number of carbonyl (C=O) groups excluding carboxylic acids is 1. The van der Waals surface area contributed by atoms with Crippen molar-refractivity contribution in [3.05, 3.63) is 53.3 Å². The van der Waals surface area contributed by atoms with Gasteiger partial charge in [0.2, 0.25) is 0 Å². The average molecular weight is 270 g/mol. The van der Waals surface area contributed by atoms with Crippen molar-refractivity contribution in [3.8, 4) is 16.9 Å². The summed E-state index contributed by atoms with van der Waals surface area (Å²) in [4.78, 5) is 12.0. The molecule has 0 saturated carbocycles. The fraction of sp³-hybridized carbons (Fsp3) is 0.235. The smallest absolute Gasteiger partial charge is 0.163 e. The zero-order valence-corrected chi connectivity index (χ0v) is 11.3. The molecule has 0 bridgehead atoms. The molecule has 0 fully saturated rings. The molecule has 0 unspecified atom stereocenters. The second kappa shape index (κ2) is 5.08. The third-order valence-electron chi connectivity index (χ3n) is 3.73. The Morgan fingerprint density at radius 1 is 1.05 bits per heavy atom. The molecule has 2 nitrogen and oxygen atoms in total. The van der Waals surface area contributed by atoms with E-state index in [1.165, 1.54) is 12.1 Å². The van der Waals surface area contributed by atoms with Crippen LogP contribution in [0.2, 0.25) is 0 Å². The standard InChI is InChI=1S/C17H15FO2/c1-20-17-8-7-13(18)10-15(17)12-6-5-11-3-2-4-16(19)14(11)9-12/h5-10H,2-4H2,1H3. The van der Waals surface area contributed by atoms with Crippen LogP contribution in [0.3, 0.4) is 0 Å². The maximum Gasteiger partial charge on any atom is 0.163 e. The highest BCUT2D eigenvalue weighted by Gasteiger charge is 2.18. The zero-order chi connectivity index (χ0) is 14.1. The predicted molar refractivity (Wildman–Crippen MR) is 75.7 cm³/mol. The van der Waals surface area contributed by atoms with Gasteiger partial charge in [-0.05, 0) is 48.2 Å². The van der Waals surface area contributed by atoms with Gasteiger partial charge in [-0.1, -0.05) is 12.1 Å². The monoisotopic (exact) mass is 270 g/mol. The van der Waals surface area contributed by atoms with Crippen molar-refractivity contribution in [3.63, 3.8) is 0 Å². The summed E-state index contributed by atoms with van der Waals surface area (Å²) in [6.07, 6.45) is 2.44. The van der Waals surface area contributed by atoms with E-state index in [-0.39, 0.29) is 11.6 Å². The lowest BCUT2D eigenvalue weighted by Crippen LogP contribution is -2.10. The lowest BCUT2D eigenvalue weighted by Gasteiger charge is -2.16. The van der Waals surface area contributed by atoms with Gasteiger partial charge in [0.25, 0.3) is 0 Å². The van der Waals surface area contributed by atoms with Crippen molar-refractivity contribution in [1.82, 2.24) is 0 Å². The fourth-order valence-corrected chi connectivity index (χ4v) is 2.70. The molecule has 0 N–H and O–H groups in total. The van der Waals surface area contributed by atoms with Crippen molar-refractivity contribution < 1.29 is 13.9 Å². The highest BCUT2D eigenvalue weighted by atomic mass is 19.1. The van der Waals surface area contributed by atoms with E-state index in [2.05, 4.69) is 0 Å². The van der Waals surface area contributed by atoms with Gasteiger partial charge in [0, 0.05) is 17.5 Å². The van der Waals surface area contributed by atoms with Crippen molar-refractivity contribution in [2.75, 3.05) is 7.11 Å². The minimum absolute atomic E-state index is 0.170. The molecular formula is C17H15FO2. The van der Waals surface area contributed by atoms with E-state index >= 15 is 0 Å². The van der Waals surface area contributed by atoms with Gasteiger partial charge in [0.05, 0.1) is 7.11 Å². The fourth-order valence-electron chi connectivity index (χ4n) is 2.70. The number of halogens is 1. The number of ketones is 1. The molecule has 3 heteroatoms. The van der Waals surface area contributed by atoms with Gasteiger partial charge < -0.3 is 4.74 Å². The van der Waals surface area contributed by atoms with Gasteiger partial charge in [-0.25, -0.2) is 4.39 Å². The first-order valence-electron chi connectivity index (χ1n) is 6.69.